The Balaban J connectivity index is 1.27. The summed E-state index contributed by atoms with van der Waals surface area (Å²) in [6.45, 7) is 1.30. The van der Waals surface area contributed by atoms with Gasteiger partial charge in [0.05, 0.1) is 11.8 Å². The van der Waals surface area contributed by atoms with Crippen LogP contribution in [0.3, 0.4) is 0 Å². The molecule has 0 bridgehead atoms. The molecule has 2 aliphatic heterocycles. The van der Waals surface area contributed by atoms with Crippen LogP contribution in [0.4, 0.5) is 0 Å². The summed E-state index contributed by atoms with van der Waals surface area (Å²) in [5.41, 5.74) is 1.93. The van der Waals surface area contributed by atoms with Crippen LogP contribution in [-0.2, 0) is 16.1 Å². The van der Waals surface area contributed by atoms with Gasteiger partial charge in [-0.3, -0.25) is 4.79 Å². The molecule has 3 heterocycles. The van der Waals surface area contributed by atoms with Gasteiger partial charge in [-0.1, -0.05) is 35.0 Å². The molecular formula is C21H23ClN2O3S. The topological polar surface area (TPSA) is 62.1 Å². The molecule has 4 rings (SSSR count). The standard InChI is InChI=1S/C21H23ClN2O3S/c22-16-4-1-3-14(11-16)12-17-13-18(27-23-17)21(26)24-8-6-15(7-9-24)20(25)19-5-2-10-28-19/h1-5,10-11,15,18,20,25H,6-9,12-13H2/t18-,20+/m0/s1. The number of carbonyl (C=O) groups is 1. The zero-order chi connectivity index (χ0) is 19.5. The monoisotopic (exact) mass is 418 g/mol. The maximum absolute atomic E-state index is 12.8. The lowest BCUT2D eigenvalue weighted by Gasteiger charge is -2.34. The van der Waals surface area contributed by atoms with E-state index in [1.807, 2.05) is 46.7 Å². The fourth-order valence-electron chi connectivity index (χ4n) is 3.88. The van der Waals surface area contributed by atoms with Gasteiger partial charge in [0.2, 0.25) is 6.10 Å². The summed E-state index contributed by atoms with van der Waals surface area (Å²) in [5, 5.41) is 17.3. The molecule has 1 aromatic carbocycles. The first-order valence-corrected chi connectivity index (χ1v) is 10.8. The second-order valence-corrected chi connectivity index (χ2v) is 8.80. The number of aliphatic hydroxyl groups excluding tert-OH is 1. The highest BCUT2D eigenvalue weighted by atomic mass is 35.5. The molecule has 0 saturated carbocycles. The molecule has 7 heteroatoms. The number of benzene rings is 1. The van der Waals surface area contributed by atoms with Gasteiger partial charge in [-0.2, -0.15) is 0 Å². The maximum atomic E-state index is 12.8. The second-order valence-electron chi connectivity index (χ2n) is 7.39. The number of piperidine rings is 1. The van der Waals surface area contributed by atoms with Crippen molar-refractivity contribution in [2.45, 2.75) is 37.9 Å². The summed E-state index contributed by atoms with van der Waals surface area (Å²) in [6.07, 6.45) is 1.78. The molecule has 5 nitrogen and oxygen atoms in total. The molecular weight excluding hydrogens is 396 g/mol. The van der Waals surface area contributed by atoms with E-state index < -0.39 is 12.2 Å². The van der Waals surface area contributed by atoms with Crippen molar-refractivity contribution in [2.24, 2.45) is 11.1 Å². The highest BCUT2D eigenvalue weighted by Gasteiger charge is 2.35. The zero-order valence-electron chi connectivity index (χ0n) is 15.5. The average molecular weight is 419 g/mol. The molecule has 2 aliphatic rings. The summed E-state index contributed by atoms with van der Waals surface area (Å²) in [6, 6.07) is 11.6. The lowest BCUT2D eigenvalue weighted by atomic mass is 9.90. The van der Waals surface area contributed by atoms with Gasteiger partial charge in [0.1, 0.15) is 0 Å². The van der Waals surface area contributed by atoms with Crippen molar-refractivity contribution in [3.8, 4) is 0 Å². The third-order valence-corrected chi connectivity index (χ3v) is 6.61. The molecule has 0 spiro atoms. The van der Waals surface area contributed by atoms with E-state index in [1.165, 1.54) is 0 Å². The number of halogens is 1. The molecule has 28 heavy (non-hydrogen) atoms. The van der Waals surface area contributed by atoms with Crippen LogP contribution in [0.2, 0.25) is 5.02 Å². The number of oxime groups is 1. The zero-order valence-corrected chi connectivity index (χ0v) is 17.0. The predicted molar refractivity (Wildman–Crippen MR) is 111 cm³/mol. The number of aliphatic hydroxyl groups is 1. The third-order valence-electron chi connectivity index (χ3n) is 5.44. The Morgan fingerprint density at radius 3 is 2.86 bits per heavy atom. The van der Waals surface area contributed by atoms with Gasteiger partial charge in [-0.15, -0.1) is 11.3 Å². The number of rotatable bonds is 5. The van der Waals surface area contributed by atoms with E-state index in [4.69, 9.17) is 16.4 Å². The molecule has 148 valence electrons. The second kappa shape index (κ2) is 8.64. The Morgan fingerprint density at radius 1 is 1.32 bits per heavy atom. The molecule has 2 aromatic rings. The van der Waals surface area contributed by atoms with Crippen molar-refractivity contribution in [1.82, 2.24) is 4.90 Å². The van der Waals surface area contributed by atoms with Crippen molar-refractivity contribution >= 4 is 34.6 Å². The SMILES string of the molecule is O=C([C@@H]1CC(Cc2cccc(Cl)c2)=NO1)N1CCC([C@@H](O)c2cccs2)CC1. The Hall–Kier alpha value is -1.89. The molecule has 0 radical (unpaired) electrons. The minimum atomic E-state index is -0.534. The lowest BCUT2D eigenvalue weighted by molar-refractivity contribution is -0.144. The third kappa shape index (κ3) is 4.40. The number of carbonyl (C=O) groups excluding carboxylic acids is 1. The number of nitrogens with zero attached hydrogens (tertiary/aromatic N) is 2. The Labute approximate surface area is 173 Å². The van der Waals surface area contributed by atoms with E-state index in [2.05, 4.69) is 5.16 Å². The van der Waals surface area contributed by atoms with E-state index in [9.17, 15) is 9.90 Å². The van der Waals surface area contributed by atoms with Gasteiger partial charge >= 0.3 is 0 Å². The van der Waals surface area contributed by atoms with Gasteiger partial charge in [0.25, 0.3) is 5.91 Å². The molecule has 1 aromatic heterocycles. The number of hydrogen-bond acceptors (Lipinski definition) is 5. The molecule has 1 saturated heterocycles. The number of hydrogen-bond donors (Lipinski definition) is 1. The first-order chi connectivity index (χ1) is 13.6. The summed E-state index contributed by atoms with van der Waals surface area (Å²) in [7, 11) is 0. The average Bonchev–Trinajstić information content (AvgIpc) is 3.39. The summed E-state index contributed by atoms with van der Waals surface area (Å²) < 4.78 is 0. The Kier molecular flexibility index (Phi) is 5.99. The molecule has 0 unspecified atom stereocenters. The van der Waals surface area contributed by atoms with Crippen LogP contribution in [0.5, 0.6) is 0 Å². The van der Waals surface area contributed by atoms with Crippen LogP contribution in [-0.4, -0.2) is 40.8 Å². The highest BCUT2D eigenvalue weighted by molar-refractivity contribution is 7.10. The van der Waals surface area contributed by atoms with Crippen LogP contribution < -0.4 is 0 Å². The van der Waals surface area contributed by atoms with Crippen molar-refractivity contribution in [2.75, 3.05) is 13.1 Å². The first-order valence-electron chi connectivity index (χ1n) is 9.56. The number of amides is 1. The van der Waals surface area contributed by atoms with E-state index in [-0.39, 0.29) is 11.8 Å². The highest BCUT2D eigenvalue weighted by Crippen LogP contribution is 2.33. The van der Waals surface area contributed by atoms with Crippen molar-refractivity contribution in [3.63, 3.8) is 0 Å². The van der Waals surface area contributed by atoms with Gasteiger partial charge < -0.3 is 14.8 Å². The van der Waals surface area contributed by atoms with Crippen LogP contribution >= 0.6 is 22.9 Å². The van der Waals surface area contributed by atoms with Crippen molar-refractivity contribution in [1.29, 1.82) is 0 Å². The van der Waals surface area contributed by atoms with E-state index in [1.54, 1.807) is 11.3 Å². The Bertz CT molecular complexity index is 847. The lowest BCUT2D eigenvalue weighted by Crippen LogP contribution is -2.44. The fraction of sp³-hybridized carbons (Fsp3) is 0.429. The van der Waals surface area contributed by atoms with Gasteiger partial charge in [0, 0.05) is 35.8 Å². The first kappa shape index (κ1) is 19.4. The maximum Gasteiger partial charge on any atom is 0.266 e. The van der Waals surface area contributed by atoms with Gasteiger partial charge in [-0.25, -0.2) is 0 Å². The molecule has 2 atom stereocenters. The van der Waals surface area contributed by atoms with Crippen LogP contribution in [0.25, 0.3) is 0 Å². The number of likely N-dealkylation sites (tertiary alicyclic amines) is 1. The normalized spacial score (nSPS) is 21.3. The van der Waals surface area contributed by atoms with Crippen LogP contribution in [0.15, 0.2) is 46.9 Å². The molecule has 1 N–H and O–H groups in total. The number of thiophene rings is 1. The Morgan fingerprint density at radius 2 is 2.14 bits per heavy atom. The van der Waals surface area contributed by atoms with Crippen molar-refractivity contribution in [3.05, 3.63) is 57.2 Å². The molecule has 0 aliphatic carbocycles. The van der Waals surface area contributed by atoms with Crippen molar-refractivity contribution < 1.29 is 14.7 Å². The summed E-state index contributed by atoms with van der Waals surface area (Å²) in [4.78, 5) is 21.1. The van der Waals surface area contributed by atoms with Gasteiger partial charge in [0.15, 0.2) is 0 Å². The molecule has 1 fully saturated rings. The fourth-order valence-corrected chi connectivity index (χ4v) is 4.89. The van der Waals surface area contributed by atoms with Gasteiger partial charge in [-0.05, 0) is 47.9 Å². The largest absolute Gasteiger partial charge is 0.387 e. The summed E-state index contributed by atoms with van der Waals surface area (Å²) in [5.74, 6) is 0.191. The smallest absolute Gasteiger partial charge is 0.266 e. The minimum Gasteiger partial charge on any atom is -0.387 e. The van der Waals surface area contributed by atoms with Crippen LogP contribution in [0, 0.1) is 5.92 Å². The van der Waals surface area contributed by atoms with E-state index in [0.717, 1.165) is 29.0 Å². The minimum absolute atomic E-state index is 0.00564. The predicted octanol–water partition coefficient (Wildman–Crippen LogP) is 4.06. The van der Waals surface area contributed by atoms with E-state index in [0.29, 0.717) is 31.0 Å². The van der Waals surface area contributed by atoms with E-state index >= 15 is 0 Å². The summed E-state index contributed by atoms with van der Waals surface area (Å²) >= 11 is 7.61. The van der Waals surface area contributed by atoms with Crippen LogP contribution in [0.1, 0.15) is 35.8 Å². The quantitative estimate of drug-likeness (QED) is 0.796. The molecule has 1 amide bonds.